The Hall–Kier alpha value is -1.59. The summed E-state index contributed by atoms with van der Waals surface area (Å²) in [6.45, 7) is 3.84. The van der Waals surface area contributed by atoms with E-state index in [0.717, 1.165) is 11.6 Å². The zero-order valence-corrected chi connectivity index (χ0v) is 11.8. The molecule has 1 aromatic carbocycles. The molecule has 0 spiro atoms. The van der Waals surface area contributed by atoms with Crippen LogP contribution in [-0.2, 0) is 13.7 Å². The predicted molar refractivity (Wildman–Crippen MR) is 72.2 cm³/mol. The number of aryl methyl sites for hydroxylation is 1. The van der Waals surface area contributed by atoms with Gasteiger partial charge < -0.3 is 14.4 Å². The van der Waals surface area contributed by atoms with Gasteiger partial charge in [-0.05, 0) is 32.0 Å². The summed E-state index contributed by atoms with van der Waals surface area (Å²) >= 11 is 5.91. The van der Waals surface area contributed by atoms with E-state index in [-0.39, 0.29) is 0 Å². The number of nitrogens with zero attached hydrogens (tertiary/aromatic N) is 3. The van der Waals surface area contributed by atoms with Crippen molar-refractivity contribution in [3.8, 4) is 5.75 Å². The van der Waals surface area contributed by atoms with Crippen LogP contribution < -0.4 is 4.74 Å². The lowest BCUT2D eigenvalue weighted by molar-refractivity contribution is 0.189. The number of rotatable bonds is 4. The summed E-state index contributed by atoms with van der Waals surface area (Å²) in [4.78, 5) is 0. The molecule has 0 aliphatic heterocycles. The summed E-state index contributed by atoms with van der Waals surface area (Å²) < 4.78 is 7.55. The summed E-state index contributed by atoms with van der Waals surface area (Å²) in [5, 5.41) is 18.3. The van der Waals surface area contributed by atoms with E-state index in [1.54, 1.807) is 25.1 Å². The molecule has 0 radical (unpaired) electrons. The summed E-state index contributed by atoms with van der Waals surface area (Å²) in [7, 11) is 1.88. The lowest BCUT2D eigenvalue weighted by Gasteiger charge is -2.13. The van der Waals surface area contributed by atoms with Crippen LogP contribution in [0.4, 0.5) is 0 Å². The molecule has 102 valence electrons. The molecule has 1 atom stereocenters. The quantitative estimate of drug-likeness (QED) is 0.935. The van der Waals surface area contributed by atoms with Gasteiger partial charge in [0.05, 0.1) is 6.10 Å². The highest BCUT2D eigenvalue weighted by Crippen LogP contribution is 2.28. The maximum atomic E-state index is 9.71. The zero-order valence-electron chi connectivity index (χ0n) is 11.1. The molecule has 0 amide bonds. The summed E-state index contributed by atoms with van der Waals surface area (Å²) in [5.41, 5.74) is 0.659. The van der Waals surface area contributed by atoms with E-state index in [1.165, 1.54) is 0 Å². The van der Waals surface area contributed by atoms with Gasteiger partial charge in [-0.25, -0.2) is 0 Å². The molecule has 6 heteroatoms. The van der Waals surface area contributed by atoms with Crippen LogP contribution in [0.15, 0.2) is 18.2 Å². The molecule has 0 saturated carbocycles. The number of ether oxygens (including phenoxy) is 1. The summed E-state index contributed by atoms with van der Waals surface area (Å²) in [5.74, 6) is 2.15. The van der Waals surface area contributed by atoms with Crippen LogP contribution in [0.5, 0.6) is 5.75 Å². The molecule has 0 saturated heterocycles. The van der Waals surface area contributed by atoms with Crippen molar-refractivity contribution in [2.24, 2.45) is 7.05 Å². The van der Waals surface area contributed by atoms with Crippen molar-refractivity contribution in [3.63, 3.8) is 0 Å². The summed E-state index contributed by atoms with van der Waals surface area (Å²) in [6, 6.07) is 5.17. The number of aromatic nitrogens is 3. The van der Waals surface area contributed by atoms with E-state index >= 15 is 0 Å². The molecule has 0 aliphatic carbocycles. The second-order valence-corrected chi connectivity index (χ2v) is 4.81. The number of halogens is 1. The van der Waals surface area contributed by atoms with Gasteiger partial charge in [0.25, 0.3) is 0 Å². The van der Waals surface area contributed by atoms with Crippen molar-refractivity contribution in [2.75, 3.05) is 0 Å². The minimum absolute atomic E-state index is 0.290. The second kappa shape index (κ2) is 5.59. The van der Waals surface area contributed by atoms with E-state index < -0.39 is 6.10 Å². The summed E-state index contributed by atoms with van der Waals surface area (Å²) in [6.07, 6.45) is -0.644. The number of aliphatic hydroxyl groups excluding tert-OH is 1. The van der Waals surface area contributed by atoms with E-state index in [1.807, 2.05) is 18.5 Å². The smallest absolute Gasteiger partial charge is 0.170 e. The molecule has 0 fully saturated rings. The number of hydrogen-bond donors (Lipinski definition) is 1. The molecule has 0 bridgehead atoms. The fraction of sp³-hybridized carbons (Fsp3) is 0.385. The third kappa shape index (κ3) is 3.05. The number of hydrogen-bond acceptors (Lipinski definition) is 4. The molecule has 0 aliphatic rings. The average Bonchev–Trinajstić information content (AvgIpc) is 2.68. The van der Waals surface area contributed by atoms with Crippen LogP contribution in [-0.4, -0.2) is 19.9 Å². The monoisotopic (exact) mass is 281 g/mol. The normalized spacial score (nSPS) is 12.5. The van der Waals surface area contributed by atoms with E-state index in [0.29, 0.717) is 22.9 Å². The molecule has 1 aromatic heterocycles. The van der Waals surface area contributed by atoms with Crippen molar-refractivity contribution in [3.05, 3.63) is 40.4 Å². The van der Waals surface area contributed by atoms with E-state index in [2.05, 4.69) is 10.2 Å². The first-order valence-electron chi connectivity index (χ1n) is 5.94. The van der Waals surface area contributed by atoms with Gasteiger partial charge >= 0.3 is 0 Å². The van der Waals surface area contributed by atoms with Gasteiger partial charge in [0, 0.05) is 17.6 Å². The Balaban J connectivity index is 2.17. The Morgan fingerprint density at radius 1 is 1.42 bits per heavy atom. The zero-order chi connectivity index (χ0) is 14.0. The largest absolute Gasteiger partial charge is 0.485 e. The fourth-order valence-electron chi connectivity index (χ4n) is 1.70. The van der Waals surface area contributed by atoms with Gasteiger partial charge in [0.15, 0.2) is 5.82 Å². The standard InChI is InChI=1S/C13H16ClN3O2/c1-8(18)11-6-10(14)4-5-12(11)19-7-13-16-15-9(2)17(13)3/h4-6,8,18H,7H2,1-3H3. The van der Waals surface area contributed by atoms with Crippen molar-refractivity contribution in [1.29, 1.82) is 0 Å². The Bertz CT molecular complexity index is 581. The van der Waals surface area contributed by atoms with Crippen LogP contribution in [0.3, 0.4) is 0 Å². The van der Waals surface area contributed by atoms with Gasteiger partial charge in [-0.1, -0.05) is 11.6 Å². The molecule has 1 heterocycles. The first-order chi connectivity index (χ1) is 8.99. The molecular formula is C13H16ClN3O2. The van der Waals surface area contributed by atoms with Gasteiger partial charge in [-0.2, -0.15) is 0 Å². The second-order valence-electron chi connectivity index (χ2n) is 4.37. The van der Waals surface area contributed by atoms with E-state index in [9.17, 15) is 5.11 Å². The highest BCUT2D eigenvalue weighted by Gasteiger charge is 2.12. The highest BCUT2D eigenvalue weighted by molar-refractivity contribution is 6.30. The molecule has 2 rings (SSSR count). The van der Waals surface area contributed by atoms with Crippen molar-refractivity contribution in [1.82, 2.24) is 14.8 Å². The van der Waals surface area contributed by atoms with Gasteiger partial charge in [0.1, 0.15) is 18.2 Å². The van der Waals surface area contributed by atoms with Crippen LogP contribution in [0.2, 0.25) is 5.02 Å². The van der Waals surface area contributed by atoms with Gasteiger partial charge in [-0.3, -0.25) is 0 Å². The Morgan fingerprint density at radius 3 is 2.74 bits per heavy atom. The van der Waals surface area contributed by atoms with Crippen molar-refractivity contribution < 1.29 is 9.84 Å². The molecular weight excluding hydrogens is 266 g/mol. The van der Waals surface area contributed by atoms with Crippen LogP contribution in [0.1, 0.15) is 30.2 Å². The Labute approximate surface area is 116 Å². The maximum Gasteiger partial charge on any atom is 0.170 e. The highest BCUT2D eigenvalue weighted by atomic mass is 35.5. The molecule has 1 unspecified atom stereocenters. The molecule has 1 N–H and O–H groups in total. The lowest BCUT2D eigenvalue weighted by Crippen LogP contribution is -2.06. The molecule has 19 heavy (non-hydrogen) atoms. The van der Waals surface area contributed by atoms with Gasteiger partial charge in [0.2, 0.25) is 0 Å². The number of benzene rings is 1. The minimum atomic E-state index is -0.644. The maximum absolute atomic E-state index is 9.71. The van der Waals surface area contributed by atoms with Crippen LogP contribution >= 0.6 is 11.6 Å². The third-order valence-electron chi connectivity index (χ3n) is 2.96. The molecule has 5 nitrogen and oxygen atoms in total. The SMILES string of the molecule is Cc1nnc(COc2ccc(Cl)cc2C(C)O)n1C. The first-order valence-corrected chi connectivity index (χ1v) is 6.32. The lowest BCUT2D eigenvalue weighted by atomic mass is 10.1. The third-order valence-corrected chi connectivity index (χ3v) is 3.20. The van der Waals surface area contributed by atoms with Crippen LogP contribution in [0, 0.1) is 6.92 Å². The first kappa shape index (κ1) is 13.8. The topological polar surface area (TPSA) is 60.2 Å². The van der Waals surface area contributed by atoms with Crippen molar-refractivity contribution >= 4 is 11.6 Å². The van der Waals surface area contributed by atoms with E-state index in [4.69, 9.17) is 16.3 Å². The molecule has 2 aromatic rings. The Morgan fingerprint density at radius 2 is 2.16 bits per heavy atom. The van der Waals surface area contributed by atoms with Crippen molar-refractivity contribution in [2.45, 2.75) is 26.6 Å². The average molecular weight is 282 g/mol. The number of aliphatic hydroxyl groups is 1. The minimum Gasteiger partial charge on any atom is -0.485 e. The Kier molecular flexibility index (Phi) is 4.07. The van der Waals surface area contributed by atoms with Crippen LogP contribution in [0.25, 0.3) is 0 Å². The predicted octanol–water partition coefficient (Wildman–Crippen LogP) is 2.41. The van der Waals surface area contributed by atoms with Gasteiger partial charge in [-0.15, -0.1) is 10.2 Å². The fourth-order valence-corrected chi connectivity index (χ4v) is 1.88.